The maximum atomic E-state index is 13.2. The van der Waals surface area contributed by atoms with Crippen molar-refractivity contribution in [3.63, 3.8) is 0 Å². The van der Waals surface area contributed by atoms with Gasteiger partial charge in [-0.25, -0.2) is 4.39 Å². The maximum Gasteiger partial charge on any atom is 0.419 e. The maximum absolute atomic E-state index is 13.2. The molecule has 0 heterocycles. The highest BCUT2D eigenvalue weighted by Crippen LogP contribution is 2.33. The van der Waals surface area contributed by atoms with E-state index in [4.69, 9.17) is 0 Å². The van der Waals surface area contributed by atoms with Gasteiger partial charge in [-0.15, -0.1) is 0 Å². The zero-order valence-electron chi connectivity index (χ0n) is 10.9. The van der Waals surface area contributed by atoms with Gasteiger partial charge in [-0.3, -0.25) is 0 Å². The summed E-state index contributed by atoms with van der Waals surface area (Å²) >= 11 is 0. The number of alkyl halides is 3. The smallest absolute Gasteiger partial charge is 0.394 e. The van der Waals surface area contributed by atoms with Crippen LogP contribution in [0.2, 0.25) is 0 Å². The highest BCUT2D eigenvalue weighted by Gasteiger charge is 2.35. The van der Waals surface area contributed by atoms with Crippen molar-refractivity contribution in [3.05, 3.63) is 35.1 Å². The predicted molar refractivity (Wildman–Crippen MR) is 66.5 cm³/mol. The largest absolute Gasteiger partial charge is 0.419 e. The van der Waals surface area contributed by atoms with Gasteiger partial charge in [-0.05, 0) is 30.5 Å². The molecule has 1 saturated carbocycles. The lowest BCUT2D eigenvalue weighted by Crippen LogP contribution is -2.45. The molecule has 1 aliphatic rings. The number of benzene rings is 1. The molecule has 0 radical (unpaired) electrons. The molecule has 0 atom stereocenters. The van der Waals surface area contributed by atoms with Crippen molar-refractivity contribution in [2.45, 2.75) is 43.9 Å². The van der Waals surface area contributed by atoms with Crippen LogP contribution in [-0.4, -0.2) is 17.3 Å². The summed E-state index contributed by atoms with van der Waals surface area (Å²) in [5.41, 5.74) is -1.30. The molecule has 6 heteroatoms. The predicted octanol–water partition coefficient (Wildman–Crippen LogP) is 3.24. The van der Waals surface area contributed by atoms with Crippen LogP contribution in [-0.2, 0) is 12.7 Å². The second kappa shape index (κ2) is 5.69. The van der Waals surface area contributed by atoms with Gasteiger partial charge in [0.05, 0.1) is 12.2 Å². The van der Waals surface area contributed by atoms with E-state index < -0.39 is 23.1 Å². The van der Waals surface area contributed by atoms with Gasteiger partial charge in [0.25, 0.3) is 0 Å². The van der Waals surface area contributed by atoms with E-state index in [0.717, 1.165) is 37.8 Å². The first-order valence-corrected chi connectivity index (χ1v) is 6.58. The second-order valence-electron chi connectivity index (χ2n) is 5.31. The van der Waals surface area contributed by atoms with Crippen LogP contribution >= 0.6 is 0 Å². The monoisotopic (exact) mass is 291 g/mol. The quantitative estimate of drug-likeness (QED) is 0.835. The average molecular weight is 291 g/mol. The minimum absolute atomic E-state index is 0.0413. The first kappa shape index (κ1) is 15.3. The fourth-order valence-electron chi connectivity index (χ4n) is 2.63. The summed E-state index contributed by atoms with van der Waals surface area (Å²) in [6.45, 7) is 0.143. The first-order valence-electron chi connectivity index (χ1n) is 6.58. The molecule has 0 spiro atoms. The van der Waals surface area contributed by atoms with Gasteiger partial charge in [0.15, 0.2) is 0 Å². The Labute approximate surface area is 114 Å². The third-order valence-electron chi connectivity index (χ3n) is 3.87. The third-order valence-corrected chi connectivity index (χ3v) is 3.87. The van der Waals surface area contributed by atoms with Gasteiger partial charge < -0.3 is 10.4 Å². The summed E-state index contributed by atoms with van der Waals surface area (Å²) in [6.07, 6.45) is -1.11. The summed E-state index contributed by atoms with van der Waals surface area (Å²) in [5, 5.41) is 12.5. The van der Waals surface area contributed by atoms with Gasteiger partial charge in [-0.1, -0.05) is 18.9 Å². The summed E-state index contributed by atoms with van der Waals surface area (Å²) in [4.78, 5) is 0. The highest BCUT2D eigenvalue weighted by atomic mass is 19.4. The van der Waals surface area contributed by atoms with E-state index in [9.17, 15) is 22.7 Å². The van der Waals surface area contributed by atoms with Crippen LogP contribution in [0.4, 0.5) is 17.6 Å². The van der Waals surface area contributed by atoms with Crippen molar-refractivity contribution in [2.75, 3.05) is 6.61 Å². The van der Waals surface area contributed by atoms with E-state index in [0.29, 0.717) is 5.56 Å². The van der Waals surface area contributed by atoms with E-state index >= 15 is 0 Å². The number of nitrogens with one attached hydrogen (secondary N) is 1. The number of aliphatic hydroxyl groups excluding tert-OH is 1. The fourth-order valence-corrected chi connectivity index (χ4v) is 2.63. The molecule has 0 aliphatic heterocycles. The Bertz CT molecular complexity index is 467. The third kappa shape index (κ3) is 3.30. The van der Waals surface area contributed by atoms with E-state index in [1.807, 2.05) is 0 Å². The van der Waals surface area contributed by atoms with E-state index in [1.54, 1.807) is 0 Å². The van der Waals surface area contributed by atoms with Crippen molar-refractivity contribution in [2.24, 2.45) is 0 Å². The molecule has 1 aliphatic carbocycles. The molecule has 0 unspecified atom stereocenters. The molecule has 0 amide bonds. The van der Waals surface area contributed by atoms with Crippen LogP contribution in [0.3, 0.4) is 0 Å². The molecule has 2 N–H and O–H groups in total. The van der Waals surface area contributed by atoms with Gasteiger partial charge >= 0.3 is 6.18 Å². The van der Waals surface area contributed by atoms with E-state index in [2.05, 4.69) is 5.32 Å². The first-order chi connectivity index (χ1) is 9.36. The van der Waals surface area contributed by atoms with Crippen molar-refractivity contribution >= 4 is 0 Å². The minimum Gasteiger partial charge on any atom is -0.394 e. The van der Waals surface area contributed by atoms with Crippen LogP contribution in [0.5, 0.6) is 0 Å². The van der Waals surface area contributed by atoms with Gasteiger partial charge in [0.1, 0.15) is 5.82 Å². The van der Waals surface area contributed by atoms with Crippen molar-refractivity contribution in [3.8, 4) is 0 Å². The van der Waals surface area contributed by atoms with Gasteiger partial charge in [-0.2, -0.15) is 13.2 Å². The summed E-state index contributed by atoms with van der Waals surface area (Å²) in [7, 11) is 0. The Hall–Kier alpha value is -1.14. The molecule has 1 aromatic rings. The standard InChI is InChI=1S/C14H17F4NO/c15-12-4-3-10(7-11(12)14(16,17)18)8-19-13(9-20)5-1-2-6-13/h3-4,7,19-20H,1-2,5-6,8-9H2. The zero-order valence-corrected chi connectivity index (χ0v) is 10.9. The van der Waals surface area contributed by atoms with Crippen LogP contribution in [0, 0.1) is 5.82 Å². The van der Waals surface area contributed by atoms with Crippen molar-refractivity contribution in [1.82, 2.24) is 5.32 Å². The molecular formula is C14H17F4NO. The molecule has 2 rings (SSSR count). The summed E-state index contributed by atoms with van der Waals surface area (Å²) in [6, 6.07) is 2.99. The second-order valence-corrected chi connectivity index (χ2v) is 5.31. The highest BCUT2D eigenvalue weighted by molar-refractivity contribution is 5.27. The number of hydrogen-bond donors (Lipinski definition) is 2. The molecule has 1 aromatic carbocycles. The van der Waals surface area contributed by atoms with Gasteiger partial charge in [0, 0.05) is 12.1 Å². The number of halogens is 4. The fraction of sp³-hybridized carbons (Fsp3) is 0.571. The topological polar surface area (TPSA) is 32.3 Å². The van der Waals surface area contributed by atoms with E-state index in [-0.39, 0.29) is 13.2 Å². The molecule has 0 aromatic heterocycles. The summed E-state index contributed by atoms with van der Waals surface area (Å²) < 4.78 is 51.0. The molecule has 1 fully saturated rings. The average Bonchev–Trinajstić information content (AvgIpc) is 2.86. The molecule has 112 valence electrons. The molecule has 20 heavy (non-hydrogen) atoms. The lowest BCUT2D eigenvalue weighted by molar-refractivity contribution is -0.140. The van der Waals surface area contributed by atoms with E-state index in [1.165, 1.54) is 6.07 Å². The van der Waals surface area contributed by atoms with Crippen molar-refractivity contribution in [1.29, 1.82) is 0 Å². The molecule has 2 nitrogen and oxygen atoms in total. The Morgan fingerprint density at radius 3 is 2.40 bits per heavy atom. The lowest BCUT2D eigenvalue weighted by Gasteiger charge is -2.28. The van der Waals surface area contributed by atoms with Crippen molar-refractivity contribution < 1.29 is 22.7 Å². The molecular weight excluding hydrogens is 274 g/mol. The zero-order chi connectivity index (χ0) is 14.8. The molecule has 0 saturated heterocycles. The SMILES string of the molecule is OCC1(NCc2ccc(F)c(C(F)(F)F)c2)CCCC1. The van der Waals surface area contributed by atoms with Crippen LogP contribution < -0.4 is 5.32 Å². The van der Waals surface area contributed by atoms with Crippen LogP contribution in [0.25, 0.3) is 0 Å². The lowest BCUT2D eigenvalue weighted by atomic mass is 9.98. The molecule has 0 bridgehead atoms. The minimum atomic E-state index is -4.69. The van der Waals surface area contributed by atoms with Crippen LogP contribution in [0.15, 0.2) is 18.2 Å². The van der Waals surface area contributed by atoms with Crippen LogP contribution in [0.1, 0.15) is 36.8 Å². The number of rotatable bonds is 4. The Morgan fingerprint density at radius 1 is 1.20 bits per heavy atom. The number of aliphatic hydroxyl groups is 1. The summed E-state index contributed by atoms with van der Waals surface area (Å²) in [5.74, 6) is -1.26. The Kier molecular flexibility index (Phi) is 4.34. The van der Waals surface area contributed by atoms with Gasteiger partial charge in [0.2, 0.25) is 0 Å². The Morgan fingerprint density at radius 2 is 1.85 bits per heavy atom. The number of hydrogen-bond acceptors (Lipinski definition) is 2. The normalized spacial score (nSPS) is 18.4. The Balaban J connectivity index is 2.10.